The first-order valence-electron chi connectivity index (χ1n) is 7.74. The van der Waals surface area contributed by atoms with Gasteiger partial charge in [-0.3, -0.25) is 0 Å². The quantitative estimate of drug-likeness (QED) is 0.882. The van der Waals surface area contributed by atoms with Gasteiger partial charge in [0.15, 0.2) is 5.82 Å². The molecule has 6 heteroatoms. The molecule has 6 nitrogen and oxygen atoms in total. The van der Waals surface area contributed by atoms with Crippen LogP contribution in [0.4, 0.5) is 11.4 Å². The summed E-state index contributed by atoms with van der Waals surface area (Å²) in [6.07, 6.45) is 2.07. The molecule has 0 spiro atoms. The van der Waals surface area contributed by atoms with E-state index in [4.69, 9.17) is 4.52 Å². The molecule has 1 aromatic carbocycles. The number of rotatable bonds is 5. The number of benzene rings is 1. The minimum atomic E-state index is 0.297. The van der Waals surface area contributed by atoms with E-state index >= 15 is 0 Å². The summed E-state index contributed by atoms with van der Waals surface area (Å²) in [5, 5.41) is 16.6. The average Bonchev–Trinajstić information content (AvgIpc) is 2.99. The van der Waals surface area contributed by atoms with Gasteiger partial charge in [-0.15, -0.1) is 0 Å². The van der Waals surface area contributed by atoms with Gasteiger partial charge in [0.1, 0.15) is 0 Å². The Kier molecular flexibility index (Phi) is 4.58. The maximum absolute atomic E-state index is 9.26. The lowest BCUT2D eigenvalue weighted by molar-refractivity contribution is 0.203. The molecule has 1 aliphatic heterocycles. The van der Waals surface area contributed by atoms with E-state index in [1.54, 1.807) is 6.92 Å². The zero-order valence-electron chi connectivity index (χ0n) is 12.8. The van der Waals surface area contributed by atoms with Crippen LogP contribution in [-0.2, 0) is 6.54 Å². The molecule has 1 aliphatic rings. The molecule has 0 atom stereocenters. The summed E-state index contributed by atoms with van der Waals surface area (Å²) in [4.78, 5) is 6.58. The smallest absolute Gasteiger partial charge is 0.223 e. The molecule has 2 aromatic rings. The zero-order valence-corrected chi connectivity index (χ0v) is 12.8. The number of piperidine rings is 1. The fourth-order valence-electron chi connectivity index (χ4n) is 2.84. The second-order valence-electron chi connectivity index (χ2n) is 5.71. The van der Waals surface area contributed by atoms with Crippen molar-refractivity contribution >= 4 is 11.4 Å². The van der Waals surface area contributed by atoms with Gasteiger partial charge in [0.2, 0.25) is 5.89 Å². The van der Waals surface area contributed by atoms with Gasteiger partial charge in [-0.2, -0.15) is 4.98 Å². The fourth-order valence-corrected chi connectivity index (χ4v) is 2.84. The van der Waals surface area contributed by atoms with E-state index < -0.39 is 0 Å². The summed E-state index contributed by atoms with van der Waals surface area (Å²) in [6, 6.07) is 8.27. The normalized spacial score (nSPS) is 16.0. The Balaban J connectivity index is 1.67. The van der Waals surface area contributed by atoms with Crippen molar-refractivity contribution in [3.63, 3.8) is 0 Å². The molecule has 2 N–H and O–H groups in total. The Morgan fingerprint density at radius 1 is 1.32 bits per heavy atom. The highest BCUT2D eigenvalue weighted by Gasteiger charge is 2.20. The number of aliphatic hydroxyl groups excluding tert-OH is 1. The molecular weight excluding hydrogens is 280 g/mol. The zero-order chi connectivity index (χ0) is 15.4. The summed E-state index contributed by atoms with van der Waals surface area (Å²) >= 11 is 0. The van der Waals surface area contributed by atoms with Crippen molar-refractivity contribution in [2.45, 2.75) is 26.3 Å². The molecule has 1 fully saturated rings. The summed E-state index contributed by atoms with van der Waals surface area (Å²) in [6.45, 7) is 4.58. The number of hydrogen-bond donors (Lipinski definition) is 2. The molecule has 0 unspecified atom stereocenters. The van der Waals surface area contributed by atoms with Crippen LogP contribution in [0.25, 0.3) is 0 Å². The molecule has 0 aliphatic carbocycles. The standard InChI is InChI=1S/C16H22N4O2/c1-12-18-16(19-22-12)10-17-14-4-2-3-5-15(14)20-8-6-13(11-21)7-9-20/h2-5,13,17,21H,6-11H2,1H3. The van der Waals surface area contributed by atoms with Gasteiger partial charge in [0.25, 0.3) is 0 Å². The van der Waals surface area contributed by atoms with Gasteiger partial charge in [-0.25, -0.2) is 0 Å². The highest BCUT2D eigenvalue weighted by atomic mass is 16.5. The van der Waals surface area contributed by atoms with E-state index in [0.29, 0.717) is 30.8 Å². The maximum atomic E-state index is 9.26. The minimum Gasteiger partial charge on any atom is -0.396 e. The van der Waals surface area contributed by atoms with E-state index in [1.165, 1.54) is 5.69 Å². The number of aromatic nitrogens is 2. The molecule has 0 saturated carbocycles. The van der Waals surface area contributed by atoms with Crippen molar-refractivity contribution in [3.8, 4) is 0 Å². The average molecular weight is 302 g/mol. The number of aliphatic hydroxyl groups is 1. The van der Waals surface area contributed by atoms with E-state index in [9.17, 15) is 5.11 Å². The number of nitrogens with one attached hydrogen (secondary N) is 1. The number of aryl methyl sites for hydroxylation is 1. The van der Waals surface area contributed by atoms with Gasteiger partial charge in [-0.1, -0.05) is 17.3 Å². The third-order valence-corrected chi connectivity index (χ3v) is 4.12. The van der Waals surface area contributed by atoms with Gasteiger partial charge < -0.3 is 19.8 Å². The molecule has 2 heterocycles. The van der Waals surface area contributed by atoms with Gasteiger partial charge in [-0.05, 0) is 30.9 Å². The summed E-state index contributed by atoms with van der Waals surface area (Å²) < 4.78 is 4.99. The van der Waals surface area contributed by atoms with Gasteiger partial charge >= 0.3 is 0 Å². The Morgan fingerprint density at radius 2 is 2.09 bits per heavy atom. The summed E-state index contributed by atoms with van der Waals surface area (Å²) in [5.74, 6) is 1.68. The number of hydrogen-bond acceptors (Lipinski definition) is 6. The lowest BCUT2D eigenvalue weighted by Crippen LogP contribution is -2.35. The molecule has 1 saturated heterocycles. The summed E-state index contributed by atoms with van der Waals surface area (Å²) in [7, 11) is 0. The number of para-hydroxylation sites is 2. The summed E-state index contributed by atoms with van der Waals surface area (Å²) in [5.41, 5.74) is 2.27. The van der Waals surface area contributed by atoms with E-state index in [0.717, 1.165) is 31.6 Å². The van der Waals surface area contributed by atoms with Crippen LogP contribution in [0.15, 0.2) is 28.8 Å². The van der Waals surface area contributed by atoms with Crippen LogP contribution in [0.2, 0.25) is 0 Å². The SMILES string of the molecule is Cc1nc(CNc2ccccc2N2CCC(CO)CC2)no1. The largest absolute Gasteiger partial charge is 0.396 e. The second kappa shape index (κ2) is 6.79. The molecule has 118 valence electrons. The van der Waals surface area contributed by atoms with Crippen LogP contribution < -0.4 is 10.2 Å². The molecule has 0 bridgehead atoms. The number of nitrogens with zero attached hydrogens (tertiary/aromatic N) is 3. The molecular formula is C16H22N4O2. The van der Waals surface area contributed by atoms with E-state index in [2.05, 4.69) is 38.6 Å². The molecule has 3 rings (SSSR count). The van der Waals surface area contributed by atoms with E-state index in [-0.39, 0.29) is 0 Å². The van der Waals surface area contributed by atoms with Crippen LogP contribution in [0.5, 0.6) is 0 Å². The Labute approximate surface area is 130 Å². The second-order valence-corrected chi connectivity index (χ2v) is 5.71. The first kappa shape index (κ1) is 14.8. The molecule has 22 heavy (non-hydrogen) atoms. The van der Waals surface area contributed by atoms with Crippen molar-refractivity contribution in [2.75, 3.05) is 29.9 Å². The van der Waals surface area contributed by atoms with Crippen molar-refractivity contribution < 1.29 is 9.63 Å². The van der Waals surface area contributed by atoms with Gasteiger partial charge in [0.05, 0.1) is 17.9 Å². The third kappa shape index (κ3) is 3.39. The minimum absolute atomic E-state index is 0.297. The molecule has 0 amide bonds. The van der Waals surface area contributed by atoms with Crippen molar-refractivity contribution in [2.24, 2.45) is 5.92 Å². The first-order chi connectivity index (χ1) is 10.8. The Bertz CT molecular complexity index is 606. The fraction of sp³-hybridized carbons (Fsp3) is 0.500. The van der Waals surface area contributed by atoms with E-state index in [1.807, 2.05) is 6.07 Å². The van der Waals surface area contributed by atoms with Gasteiger partial charge in [0, 0.05) is 26.6 Å². The monoisotopic (exact) mass is 302 g/mol. The third-order valence-electron chi connectivity index (χ3n) is 4.12. The highest BCUT2D eigenvalue weighted by molar-refractivity contribution is 5.70. The molecule has 1 aromatic heterocycles. The number of anilines is 2. The molecule has 0 radical (unpaired) electrons. The van der Waals surface area contributed by atoms with Crippen LogP contribution >= 0.6 is 0 Å². The van der Waals surface area contributed by atoms with Crippen LogP contribution in [0.3, 0.4) is 0 Å². The predicted octanol–water partition coefficient (Wildman–Crippen LogP) is 2.20. The lowest BCUT2D eigenvalue weighted by atomic mass is 9.97. The maximum Gasteiger partial charge on any atom is 0.223 e. The van der Waals surface area contributed by atoms with Crippen molar-refractivity contribution in [3.05, 3.63) is 36.0 Å². The van der Waals surface area contributed by atoms with Crippen molar-refractivity contribution in [1.29, 1.82) is 0 Å². The lowest BCUT2D eigenvalue weighted by Gasteiger charge is -2.34. The predicted molar refractivity (Wildman–Crippen MR) is 84.8 cm³/mol. The Morgan fingerprint density at radius 3 is 2.77 bits per heavy atom. The van der Waals surface area contributed by atoms with Crippen LogP contribution in [-0.4, -0.2) is 34.9 Å². The van der Waals surface area contributed by atoms with Crippen LogP contribution in [0, 0.1) is 12.8 Å². The first-order valence-corrected chi connectivity index (χ1v) is 7.74. The van der Waals surface area contributed by atoms with Crippen molar-refractivity contribution in [1.82, 2.24) is 10.1 Å². The Hall–Kier alpha value is -2.08. The highest BCUT2D eigenvalue weighted by Crippen LogP contribution is 2.29. The van der Waals surface area contributed by atoms with Crippen LogP contribution in [0.1, 0.15) is 24.6 Å². The topological polar surface area (TPSA) is 74.4 Å².